The Morgan fingerprint density at radius 3 is 2.57 bits per heavy atom. The molecule has 0 aliphatic carbocycles. The van der Waals surface area contributed by atoms with Crippen molar-refractivity contribution in [3.63, 3.8) is 0 Å². The maximum absolute atomic E-state index is 10.8. The first kappa shape index (κ1) is 15.3. The molecule has 1 aliphatic heterocycles. The van der Waals surface area contributed by atoms with Crippen LogP contribution in [0, 0.1) is 6.92 Å². The highest BCUT2D eigenvalue weighted by atomic mass is 16.1. The Bertz CT molecular complexity index is 650. The van der Waals surface area contributed by atoms with Crippen molar-refractivity contribution in [3.05, 3.63) is 47.7 Å². The van der Waals surface area contributed by atoms with E-state index in [1.807, 2.05) is 6.07 Å². The molecule has 1 aromatic carbocycles. The van der Waals surface area contributed by atoms with E-state index in [1.54, 1.807) is 11.1 Å². The number of hydrogen-bond donors (Lipinski definition) is 1. The zero-order chi connectivity index (χ0) is 16.1. The van der Waals surface area contributed by atoms with E-state index in [1.165, 1.54) is 11.1 Å². The first-order chi connectivity index (χ1) is 11.2. The van der Waals surface area contributed by atoms with Crippen LogP contribution in [0.3, 0.4) is 0 Å². The second-order valence-corrected chi connectivity index (χ2v) is 5.71. The summed E-state index contributed by atoms with van der Waals surface area (Å²) in [6, 6.07) is 10.3. The Morgan fingerprint density at radius 1 is 1.13 bits per heavy atom. The van der Waals surface area contributed by atoms with E-state index in [-0.39, 0.29) is 0 Å². The average Bonchev–Trinajstić information content (AvgIpc) is 2.61. The molecule has 120 valence electrons. The van der Waals surface area contributed by atoms with Crippen molar-refractivity contribution < 1.29 is 4.79 Å². The van der Waals surface area contributed by atoms with E-state index in [2.05, 4.69) is 51.4 Å². The SMILES string of the molecule is Cc1ccc(CNc2nccc(N3CCN(C=O)CC3)n2)cc1. The van der Waals surface area contributed by atoms with Crippen molar-refractivity contribution in [1.82, 2.24) is 14.9 Å². The van der Waals surface area contributed by atoms with E-state index in [9.17, 15) is 4.79 Å². The van der Waals surface area contributed by atoms with Gasteiger partial charge in [0.1, 0.15) is 5.82 Å². The number of rotatable bonds is 5. The lowest BCUT2D eigenvalue weighted by atomic mass is 10.1. The molecule has 2 heterocycles. The second-order valence-electron chi connectivity index (χ2n) is 5.71. The molecule has 1 amide bonds. The summed E-state index contributed by atoms with van der Waals surface area (Å²) in [5, 5.41) is 3.26. The molecule has 1 N–H and O–H groups in total. The van der Waals surface area contributed by atoms with Gasteiger partial charge in [0, 0.05) is 38.9 Å². The van der Waals surface area contributed by atoms with Crippen LogP contribution in [0.4, 0.5) is 11.8 Å². The number of nitrogens with one attached hydrogen (secondary N) is 1. The van der Waals surface area contributed by atoms with Crippen molar-refractivity contribution in [1.29, 1.82) is 0 Å². The van der Waals surface area contributed by atoms with Gasteiger partial charge in [0.25, 0.3) is 0 Å². The van der Waals surface area contributed by atoms with Crippen LogP contribution in [-0.2, 0) is 11.3 Å². The Labute approximate surface area is 136 Å². The monoisotopic (exact) mass is 311 g/mol. The molecule has 6 nitrogen and oxygen atoms in total. The van der Waals surface area contributed by atoms with E-state index < -0.39 is 0 Å². The third-order valence-electron chi connectivity index (χ3n) is 4.00. The van der Waals surface area contributed by atoms with Crippen LogP contribution in [0.5, 0.6) is 0 Å². The molecule has 1 aliphatic rings. The number of anilines is 2. The van der Waals surface area contributed by atoms with E-state index in [4.69, 9.17) is 0 Å². The van der Waals surface area contributed by atoms with Gasteiger partial charge in [0.2, 0.25) is 12.4 Å². The number of piperazine rings is 1. The van der Waals surface area contributed by atoms with Crippen molar-refractivity contribution in [2.45, 2.75) is 13.5 Å². The number of benzene rings is 1. The first-order valence-electron chi connectivity index (χ1n) is 7.81. The zero-order valence-corrected chi connectivity index (χ0v) is 13.3. The summed E-state index contributed by atoms with van der Waals surface area (Å²) in [5.74, 6) is 1.53. The molecule has 0 spiro atoms. The molecular formula is C17H21N5O. The molecule has 0 atom stereocenters. The lowest BCUT2D eigenvalue weighted by molar-refractivity contribution is -0.118. The van der Waals surface area contributed by atoms with Gasteiger partial charge in [-0.05, 0) is 18.6 Å². The minimum absolute atomic E-state index is 0.626. The number of nitrogens with zero attached hydrogens (tertiary/aromatic N) is 4. The summed E-state index contributed by atoms with van der Waals surface area (Å²) >= 11 is 0. The first-order valence-corrected chi connectivity index (χ1v) is 7.81. The predicted molar refractivity (Wildman–Crippen MR) is 90.4 cm³/mol. The third-order valence-corrected chi connectivity index (χ3v) is 4.00. The van der Waals surface area contributed by atoms with Gasteiger partial charge in [-0.3, -0.25) is 4.79 Å². The Balaban J connectivity index is 1.61. The summed E-state index contributed by atoms with van der Waals surface area (Å²) in [6.07, 6.45) is 2.68. The molecule has 0 radical (unpaired) electrons. The van der Waals surface area contributed by atoms with Crippen LogP contribution in [0.25, 0.3) is 0 Å². The fraction of sp³-hybridized carbons (Fsp3) is 0.353. The van der Waals surface area contributed by atoms with Gasteiger partial charge in [0.05, 0.1) is 0 Å². The zero-order valence-electron chi connectivity index (χ0n) is 13.3. The standard InChI is InChI=1S/C17H21N5O/c1-14-2-4-15(5-3-14)12-19-17-18-7-6-16(20-17)22-10-8-21(13-23)9-11-22/h2-7,13H,8-12H2,1H3,(H,18,19,20). The van der Waals surface area contributed by atoms with Crippen molar-refractivity contribution >= 4 is 18.2 Å². The number of amides is 1. The predicted octanol–water partition coefficient (Wildman–Crippen LogP) is 1.68. The highest BCUT2D eigenvalue weighted by molar-refractivity contribution is 5.49. The summed E-state index contributed by atoms with van der Waals surface area (Å²) in [5.41, 5.74) is 2.45. The smallest absolute Gasteiger partial charge is 0.224 e. The Morgan fingerprint density at radius 2 is 1.87 bits per heavy atom. The fourth-order valence-corrected chi connectivity index (χ4v) is 2.55. The molecule has 1 saturated heterocycles. The Hall–Kier alpha value is -2.63. The summed E-state index contributed by atoms with van der Waals surface area (Å²) < 4.78 is 0. The van der Waals surface area contributed by atoms with Crippen LogP contribution in [0.15, 0.2) is 36.5 Å². The number of carbonyl (C=O) groups excluding carboxylic acids is 1. The van der Waals surface area contributed by atoms with Gasteiger partial charge in [-0.1, -0.05) is 29.8 Å². The number of carbonyl (C=O) groups is 1. The number of aryl methyl sites for hydroxylation is 1. The number of aromatic nitrogens is 2. The van der Waals surface area contributed by atoms with Crippen LogP contribution in [-0.4, -0.2) is 47.5 Å². The molecule has 0 unspecified atom stereocenters. The lowest BCUT2D eigenvalue weighted by Gasteiger charge is -2.33. The van der Waals surface area contributed by atoms with Crippen molar-refractivity contribution in [2.24, 2.45) is 0 Å². The van der Waals surface area contributed by atoms with Crippen LogP contribution >= 0.6 is 0 Å². The minimum atomic E-state index is 0.626. The van der Waals surface area contributed by atoms with Gasteiger partial charge >= 0.3 is 0 Å². The topological polar surface area (TPSA) is 61.4 Å². The van der Waals surface area contributed by atoms with Gasteiger partial charge < -0.3 is 15.1 Å². The highest BCUT2D eigenvalue weighted by Crippen LogP contribution is 2.15. The molecule has 3 rings (SSSR count). The summed E-state index contributed by atoms with van der Waals surface area (Å²) in [6.45, 7) is 5.84. The second kappa shape index (κ2) is 7.09. The van der Waals surface area contributed by atoms with Crippen LogP contribution in [0.1, 0.15) is 11.1 Å². The van der Waals surface area contributed by atoms with Gasteiger partial charge in [-0.2, -0.15) is 4.98 Å². The van der Waals surface area contributed by atoms with E-state index in [0.717, 1.165) is 38.4 Å². The quantitative estimate of drug-likeness (QED) is 0.851. The van der Waals surface area contributed by atoms with E-state index in [0.29, 0.717) is 12.5 Å². The fourth-order valence-electron chi connectivity index (χ4n) is 2.55. The molecule has 1 fully saturated rings. The minimum Gasteiger partial charge on any atom is -0.353 e. The average molecular weight is 311 g/mol. The lowest BCUT2D eigenvalue weighted by Crippen LogP contribution is -2.46. The molecular weight excluding hydrogens is 290 g/mol. The largest absolute Gasteiger partial charge is 0.353 e. The summed E-state index contributed by atoms with van der Waals surface area (Å²) in [7, 11) is 0. The van der Waals surface area contributed by atoms with Crippen molar-refractivity contribution in [3.8, 4) is 0 Å². The maximum atomic E-state index is 10.8. The highest BCUT2D eigenvalue weighted by Gasteiger charge is 2.16. The van der Waals surface area contributed by atoms with Gasteiger partial charge in [-0.25, -0.2) is 4.98 Å². The normalized spacial score (nSPS) is 14.7. The summed E-state index contributed by atoms with van der Waals surface area (Å²) in [4.78, 5) is 23.6. The third kappa shape index (κ3) is 3.97. The molecule has 23 heavy (non-hydrogen) atoms. The molecule has 2 aromatic rings. The van der Waals surface area contributed by atoms with Crippen LogP contribution < -0.4 is 10.2 Å². The Kier molecular flexibility index (Phi) is 4.71. The van der Waals surface area contributed by atoms with Gasteiger partial charge in [-0.15, -0.1) is 0 Å². The van der Waals surface area contributed by atoms with Gasteiger partial charge in [0.15, 0.2) is 0 Å². The number of hydrogen-bond acceptors (Lipinski definition) is 5. The van der Waals surface area contributed by atoms with Crippen LogP contribution in [0.2, 0.25) is 0 Å². The molecule has 0 bridgehead atoms. The molecule has 1 aromatic heterocycles. The van der Waals surface area contributed by atoms with Crippen molar-refractivity contribution in [2.75, 3.05) is 36.4 Å². The van der Waals surface area contributed by atoms with E-state index >= 15 is 0 Å². The molecule has 0 saturated carbocycles. The molecule has 6 heteroatoms. The maximum Gasteiger partial charge on any atom is 0.224 e.